The van der Waals surface area contributed by atoms with Gasteiger partial charge in [0.25, 0.3) is 0 Å². The van der Waals surface area contributed by atoms with Crippen molar-refractivity contribution < 1.29 is 9.90 Å². The van der Waals surface area contributed by atoms with Crippen LogP contribution in [0.15, 0.2) is 24.0 Å². The van der Waals surface area contributed by atoms with E-state index in [1.54, 1.807) is 0 Å². The molecule has 0 radical (unpaired) electrons. The lowest BCUT2D eigenvalue weighted by Crippen LogP contribution is -2.58. The van der Waals surface area contributed by atoms with Crippen LogP contribution in [0.1, 0.15) is 72.6 Å². The first kappa shape index (κ1) is 18.1. The molecule has 5 atom stereocenters. The molecule has 3 saturated carbocycles. The topological polar surface area (TPSA) is 40.5 Å². The molecule has 1 N–H and O–H groups in total. The van der Waals surface area contributed by atoms with Gasteiger partial charge in [-0.15, -0.1) is 0 Å². The first-order valence-corrected chi connectivity index (χ1v) is 10.5. The Morgan fingerprint density at radius 1 is 1.12 bits per heavy atom. The number of fused-ring (bicyclic) bond motifs is 5. The van der Waals surface area contributed by atoms with Gasteiger partial charge in [0.2, 0.25) is 0 Å². The number of nitrogens with zero attached hydrogens (tertiary/aromatic N) is 1. The predicted molar refractivity (Wildman–Crippen MR) is 104 cm³/mol. The van der Waals surface area contributed by atoms with Crippen LogP contribution in [0, 0.1) is 34.0 Å². The van der Waals surface area contributed by atoms with Crippen LogP contribution in [-0.4, -0.2) is 22.5 Å². The summed E-state index contributed by atoms with van der Waals surface area (Å²) >= 11 is 0. The molecular formula is C23H35NO2. The summed E-state index contributed by atoms with van der Waals surface area (Å²) in [5, 5.41) is 9.11. The molecule has 3 aliphatic carbocycles. The maximum absolute atomic E-state index is 11.1. The molecule has 0 spiro atoms. The number of hydrogen-bond donors (Lipinski definition) is 1. The fraction of sp³-hybridized carbons (Fsp3) is 0.783. The summed E-state index contributed by atoms with van der Waals surface area (Å²) in [5.41, 5.74) is 2.73. The summed E-state index contributed by atoms with van der Waals surface area (Å²) in [6.45, 7) is 10.2. The van der Waals surface area contributed by atoms with Gasteiger partial charge in [0.1, 0.15) is 6.54 Å². The zero-order valence-corrected chi connectivity index (χ0v) is 16.9. The third kappa shape index (κ3) is 2.57. The lowest BCUT2D eigenvalue weighted by Gasteiger charge is -2.66. The SMILES string of the molecule is CC1(C)CCC[C@]2(C)[C@H]3CCC4=CN(CC(=O)O)C=CC4[C@]3(C)CC[C@@H]12. The van der Waals surface area contributed by atoms with E-state index >= 15 is 0 Å². The summed E-state index contributed by atoms with van der Waals surface area (Å²) in [5.74, 6) is 1.37. The van der Waals surface area contributed by atoms with E-state index in [0.717, 1.165) is 18.3 Å². The number of carboxylic acid groups (broad SMARTS) is 1. The van der Waals surface area contributed by atoms with Crippen LogP contribution < -0.4 is 0 Å². The van der Waals surface area contributed by atoms with Gasteiger partial charge in [-0.2, -0.15) is 0 Å². The Hall–Kier alpha value is -1.25. The third-order valence-electron chi connectivity index (χ3n) is 8.79. The van der Waals surface area contributed by atoms with Gasteiger partial charge < -0.3 is 10.0 Å². The number of carbonyl (C=O) groups is 1. The van der Waals surface area contributed by atoms with Crippen molar-refractivity contribution in [2.45, 2.75) is 72.6 Å². The van der Waals surface area contributed by atoms with Crippen LogP contribution in [0.2, 0.25) is 0 Å². The largest absolute Gasteiger partial charge is 0.480 e. The molecule has 1 aliphatic heterocycles. The molecule has 0 saturated heterocycles. The second-order valence-electron chi connectivity index (χ2n) is 10.6. The first-order valence-electron chi connectivity index (χ1n) is 10.5. The second kappa shape index (κ2) is 5.87. The van der Waals surface area contributed by atoms with E-state index in [1.807, 2.05) is 11.1 Å². The van der Waals surface area contributed by atoms with Crippen molar-refractivity contribution in [1.82, 2.24) is 4.90 Å². The minimum absolute atomic E-state index is 0.0703. The van der Waals surface area contributed by atoms with Crippen molar-refractivity contribution in [3.63, 3.8) is 0 Å². The zero-order chi connectivity index (χ0) is 18.7. The van der Waals surface area contributed by atoms with Gasteiger partial charge in [-0.3, -0.25) is 4.79 Å². The number of aliphatic carboxylic acids is 1. The third-order valence-corrected chi connectivity index (χ3v) is 8.79. The van der Waals surface area contributed by atoms with Crippen molar-refractivity contribution in [2.75, 3.05) is 6.54 Å². The average Bonchev–Trinajstić information content (AvgIpc) is 2.52. The van der Waals surface area contributed by atoms with Crippen LogP contribution in [-0.2, 0) is 4.79 Å². The summed E-state index contributed by atoms with van der Waals surface area (Å²) in [4.78, 5) is 12.9. The Kier molecular flexibility index (Phi) is 4.09. The molecule has 3 heteroatoms. The molecule has 0 bridgehead atoms. The molecule has 3 fully saturated rings. The Morgan fingerprint density at radius 2 is 1.88 bits per heavy atom. The Morgan fingerprint density at radius 3 is 2.62 bits per heavy atom. The molecule has 3 nitrogen and oxygen atoms in total. The highest BCUT2D eigenvalue weighted by molar-refractivity contribution is 5.69. The molecule has 0 aromatic rings. The molecule has 26 heavy (non-hydrogen) atoms. The average molecular weight is 358 g/mol. The second-order valence-corrected chi connectivity index (χ2v) is 10.6. The molecule has 1 heterocycles. The van der Waals surface area contributed by atoms with E-state index in [-0.39, 0.29) is 6.54 Å². The Balaban J connectivity index is 1.65. The number of allylic oxidation sites excluding steroid dienone is 2. The van der Waals surface area contributed by atoms with E-state index < -0.39 is 5.97 Å². The van der Waals surface area contributed by atoms with Gasteiger partial charge in [-0.25, -0.2) is 0 Å². The van der Waals surface area contributed by atoms with Crippen molar-refractivity contribution >= 4 is 5.97 Å². The molecular weight excluding hydrogens is 322 g/mol. The quantitative estimate of drug-likeness (QED) is 0.715. The lowest BCUT2D eigenvalue weighted by molar-refractivity contribution is -0.148. The van der Waals surface area contributed by atoms with Crippen LogP contribution in [0.3, 0.4) is 0 Å². The molecule has 0 aromatic carbocycles. The summed E-state index contributed by atoms with van der Waals surface area (Å²) < 4.78 is 0. The summed E-state index contributed by atoms with van der Waals surface area (Å²) in [6.07, 6.45) is 15.7. The fourth-order valence-corrected chi connectivity index (χ4v) is 7.80. The van der Waals surface area contributed by atoms with E-state index in [0.29, 0.717) is 22.2 Å². The fourth-order valence-electron chi connectivity index (χ4n) is 7.80. The molecule has 144 valence electrons. The van der Waals surface area contributed by atoms with Gasteiger partial charge >= 0.3 is 5.97 Å². The molecule has 0 aromatic heterocycles. The smallest absolute Gasteiger partial charge is 0.323 e. The first-order chi connectivity index (χ1) is 12.2. The highest BCUT2D eigenvalue weighted by Crippen LogP contribution is 2.69. The monoisotopic (exact) mass is 357 g/mol. The van der Waals surface area contributed by atoms with Gasteiger partial charge in [0, 0.05) is 18.3 Å². The standard InChI is InChI=1S/C23H35NO2/c1-21(2)10-5-11-23(4)18(21)8-12-22(3)17-9-13-24(15-20(25)26)14-16(17)6-7-19(22)23/h9,13-14,17-19H,5-8,10-12,15H2,1-4H3,(H,25,26)/t17?,18-,19-,22-,23-/m0/s1. The highest BCUT2D eigenvalue weighted by atomic mass is 16.4. The van der Waals surface area contributed by atoms with Crippen LogP contribution in [0.25, 0.3) is 0 Å². The maximum Gasteiger partial charge on any atom is 0.323 e. The van der Waals surface area contributed by atoms with Gasteiger partial charge in [0.15, 0.2) is 0 Å². The van der Waals surface area contributed by atoms with Gasteiger partial charge in [0.05, 0.1) is 0 Å². The Bertz CT molecular complexity index is 663. The number of rotatable bonds is 2. The van der Waals surface area contributed by atoms with Crippen LogP contribution in [0.4, 0.5) is 0 Å². The highest BCUT2D eigenvalue weighted by Gasteiger charge is 2.61. The van der Waals surface area contributed by atoms with Crippen LogP contribution >= 0.6 is 0 Å². The van der Waals surface area contributed by atoms with E-state index in [9.17, 15) is 4.79 Å². The van der Waals surface area contributed by atoms with Crippen molar-refractivity contribution in [1.29, 1.82) is 0 Å². The van der Waals surface area contributed by atoms with E-state index in [2.05, 4.69) is 40.0 Å². The van der Waals surface area contributed by atoms with Crippen molar-refractivity contribution in [2.24, 2.45) is 34.0 Å². The van der Waals surface area contributed by atoms with Crippen LogP contribution in [0.5, 0.6) is 0 Å². The number of carboxylic acids is 1. The van der Waals surface area contributed by atoms with Crippen molar-refractivity contribution in [3.8, 4) is 0 Å². The predicted octanol–water partition coefficient (Wildman–Crippen LogP) is 5.44. The van der Waals surface area contributed by atoms with Crippen molar-refractivity contribution in [3.05, 3.63) is 24.0 Å². The van der Waals surface area contributed by atoms with Gasteiger partial charge in [-0.1, -0.05) is 40.2 Å². The minimum Gasteiger partial charge on any atom is -0.480 e. The van der Waals surface area contributed by atoms with Gasteiger partial charge in [-0.05, 0) is 72.2 Å². The summed E-state index contributed by atoms with van der Waals surface area (Å²) in [7, 11) is 0. The minimum atomic E-state index is -0.762. The van der Waals surface area contributed by atoms with E-state index in [4.69, 9.17) is 5.11 Å². The maximum atomic E-state index is 11.1. The normalized spacial score (nSPS) is 43.8. The molecule has 4 rings (SSSR count). The molecule has 1 unspecified atom stereocenters. The summed E-state index contributed by atoms with van der Waals surface area (Å²) in [6, 6.07) is 0. The zero-order valence-electron chi connectivity index (χ0n) is 16.9. The lowest BCUT2D eigenvalue weighted by atomic mass is 9.39. The molecule has 4 aliphatic rings. The molecule has 0 amide bonds. The Labute approximate surface area is 158 Å². The van der Waals surface area contributed by atoms with E-state index in [1.165, 1.54) is 44.1 Å². The number of hydrogen-bond acceptors (Lipinski definition) is 2.